The Balaban J connectivity index is 1.55. The molecule has 6 heteroatoms. The summed E-state index contributed by atoms with van der Waals surface area (Å²) < 4.78 is 13.0. The van der Waals surface area contributed by atoms with Crippen LogP contribution in [0.3, 0.4) is 0 Å². The number of nitrogens with zero attached hydrogens (tertiary/aromatic N) is 1. The van der Waals surface area contributed by atoms with E-state index in [4.69, 9.17) is 0 Å². The van der Waals surface area contributed by atoms with Crippen LogP contribution < -0.4 is 10.6 Å². The third-order valence-corrected chi connectivity index (χ3v) is 4.92. The molecule has 0 aliphatic carbocycles. The van der Waals surface area contributed by atoms with Crippen LogP contribution in [0.15, 0.2) is 54.6 Å². The molecule has 128 valence electrons. The van der Waals surface area contributed by atoms with Crippen molar-refractivity contribution in [1.29, 1.82) is 0 Å². The number of anilines is 1. The SMILES string of the molecule is Cc1nc(-c2ccc(F)cc2)sc1CCNC(=O)Nc1ccccc1. The number of aromatic nitrogens is 1. The van der Waals surface area contributed by atoms with Crippen LogP contribution in [0.2, 0.25) is 0 Å². The maximum atomic E-state index is 13.0. The zero-order chi connectivity index (χ0) is 17.6. The summed E-state index contributed by atoms with van der Waals surface area (Å²) in [5.74, 6) is -0.258. The third kappa shape index (κ3) is 4.64. The van der Waals surface area contributed by atoms with E-state index < -0.39 is 0 Å². The zero-order valence-electron chi connectivity index (χ0n) is 13.8. The molecular weight excluding hydrogens is 337 g/mol. The average molecular weight is 355 g/mol. The number of carbonyl (C=O) groups excluding carboxylic acids is 1. The lowest BCUT2D eigenvalue weighted by Gasteiger charge is -2.06. The molecule has 25 heavy (non-hydrogen) atoms. The lowest BCUT2D eigenvalue weighted by molar-refractivity contribution is 0.252. The monoisotopic (exact) mass is 355 g/mol. The minimum atomic E-state index is -0.258. The molecule has 0 radical (unpaired) electrons. The Morgan fingerprint density at radius 1 is 1.12 bits per heavy atom. The molecule has 0 bridgehead atoms. The van der Waals surface area contributed by atoms with Gasteiger partial charge >= 0.3 is 6.03 Å². The van der Waals surface area contributed by atoms with Gasteiger partial charge in [0.25, 0.3) is 0 Å². The number of amides is 2. The van der Waals surface area contributed by atoms with Gasteiger partial charge in [-0.2, -0.15) is 0 Å². The fourth-order valence-electron chi connectivity index (χ4n) is 2.36. The first kappa shape index (κ1) is 17.1. The number of benzene rings is 2. The summed E-state index contributed by atoms with van der Waals surface area (Å²) in [7, 11) is 0. The maximum Gasteiger partial charge on any atom is 0.319 e. The van der Waals surface area contributed by atoms with Crippen molar-refractivity contribution < 1.29 is 9.18 Å². The number of nitrogens with one attached hydrogen (secondary N) is 2. The van der Waals surface area contributed by atoms with E-state index in [2.05, 4.69) is 15.6 Å². The molecule has 0 spiro atoms. The van der Waals surface area contributed by atoms with Crippen LogP contribution in [-0.2, 0) is 6.42 Å². The Bertz CT molecular complexity index is 847. The summed E-state index contributed by atoms with van der Waals surface area (Å²) in [6.07, 6.45) is 0.701. The summed E-state index contributed by atoms with van der Waals surface area (Å²) in [4.78, 5) is 17.5. The highest BCUT2D eigenvalue weighted by atomic mass is 32.1. The maximum absolute atomic E-state index is 13.0. The van der Waals surface area contributed by atoms with E-state index >= 15 is 0 Å². The third-order valence-electron chi connectivity index (χ3n) is 3.65. The molecule has 2 N–H and O–H groups in total. The van der Waals surface area contributed by atoms with Crippen molar-refractivity contribution in [3.8, 4) is 10.6 Å². The highest BCUT2D eigenvalue weighted by Crippen LogP contribution is 2.28. The Hall–Kier alpha value is -2.73. The predicted octanol–water partition coefficient (Wildman–Crippen LogP) is 4.62. The summed E-state index contributed by atoms with van der Waals surface area (Å²) in [5.41, 5.74) is 2.60. The number of rotatable bonds is 5. The number of hydrogen-bond acceptors (Lipinski definition) is 3. The first-order valence-corrected chi connectivity index (χ1v) is 8.75. The molecule has 0 aliphatic rings. The number of halogens is 1. The van der Waals surface area contributed by atoms with Crippen molar-refractivity contribution in [1.82, 2.24) is 10.3 Å². The van der Waals surface area contributed by atoms with Gasteiger partial charge < -0.3 is 10.6 Å². The summed E-state index contributed by atoms with van der Waals surface area (Å²) >= 11 is 1.57. The van der Waals surface area contributed by atoms with Gasteiger partial charge in [0, 0.05) is 29.1 Å². The second-order valence-corrected chi connectivity index (χ2v) is 6.62. The highest BCUT2D eigenvalue weighted by molar-refractivity contribution is 7.15. The van der Waals surface area contributed by atoms with Gasteiger partial charge in [0.2, 0.25) is 0 Å². The van der Waals surface area contributed by atoms with Gasteiger partial charge in [-0.3, -0.25) is 0 Å². The van der Waals surface area contributed by atoms with Crippen molar-refractivity contribution in [2.24, 2.45) is 0 Å². The Morgan fingerprint density at radius 3 is 2.56 bits per heavy atom. The lowest BCUT2D eigenvalue weighted by atomic mass is 10.2. The number of para-hydroxylation sites is 1. The number of aryl methyl sites for hydroxylation is 1. The molecule has 0 unspecified atom stereocenters. The topological polar surface area (TPSA) is 54.0 Å². The van der Waals surface area contributed by atoms with E-state index in [1.54, 1.807) is 23.5 Å². The number of hydrogen-bond donors (Lipinski definition) is 2. The van der Waals surface area contributed by atoms with Crippen molar-refractivity contribution >= 4 is 23.1 Å². The summed E-state index contributed by atoms with van der Waals surface area (Å²) in [6, 6.07) is 15.4. The number of thiazole rings is 1. The van der Waals surface area contributed by atoms with Crippen LogP contribution in [-0.4, -0.2) is 17.6 Å². The van der Waals surface area contributed by atoms with E-state index in [0.717, 1.165) is 26.8 Å². The minimum absolute atomic E-state index is 0.230. The fourth-order valence-corrected chi connectivity index (χ4v) is 3.43. The van der Waals surface area contributed by atoms with Crippen molar-refractivity contribution in [2.45, 2.75) is 13.3 Å². The zero-order valence-corrected chi connectivity index (χ0v) is 14.6. The molecule has 0 fully saturated rings. The largest absolute Gasteiger partial charge is 0.338 e. The van der Waals surface area contributed by atoms with Crippen molar-refractivity contribution in [3.63, 3.8) is 0 Å². The van der Waals surface area contributed by atoms with Gasteiger partial charge in [0.15, 0.2) is 0 Å². The van der Waals surface area contributed by atoms with E-state index in [1.807, 2.05) is 37.3 Å². The molecule has 0 aliphatic heterocycles. The predicted molar refractivity (Wildman–Crippen MR) is 99.4 cm³/mol. The molecule has 0 saturated heterocycles. The first-order valence-electron chi connectivity index (χ1n) is 7.94. The number of urea groups is 1. The fraction of sp³-hybridized carbons (Fsp3) is 0.158. The van der Waals surface area contributed by atoms with E-state index in [0.29, 0.717) is 13.0 Å². The van der Waals surface area contributed by atoms with E-state index in [9.17, 15) is 9.18 Å². The Kier molecular flexibility index (Phi) is 5.40. The molecule has 2 aromatic carbocycles. The molecule has 3 aromatic rings. The van der Waals surface area contributed by atoms with E-state index in [1.165, 1.54) is 12.1 Å². The molecule has 3 rings (SSSR count). The van der Waals surface area contributed by atoms with Crippen LogP contribution in [0.25, 0.3) is 10.6 Å². The van der Waals surface area contributed by atoms with Crippen LogP contribution in [0.5, 0.6) is 0 Å². The second kappa shape index (κ2) is 7.90. The van der Waals surface area contributed by atoms with E-state index in [-0.39, 0.29) is 11.8 Å². The van der Waals surface area contributed by atoms with Crippen LogP contribution in [0.1, 0.15) is 10.6 Å². The summed E-state index contributed by atoms with van der Waals surface area (Å²) in [5, 5.41) is 6.49. The summed E-state index contributed by atoms with van der Waals surface area (Å²) in [6.45, 7) is 2.47. The van der Waals surface area contributed by atoms with Gasteiger partial charge in [0.1, 0.15) is 10.8 Å². The van der Waals surface area contributed by atoms with Gasteiger partial charge in [-0.05, 0) is 43.3 Å². The van der Waals surface area contributed by atoms with Crippen LogP contribution >= 0.6 is 11.3 Å². The first-order chi connectivity index (χ1) is 12.1. The molecular formula is C19H18FN3OS. The van der Waals surface area contributed by atoms with Crippen LogP contribution in [0.4, 0.5) is 14.9 Å². The van der Waals surface area contributed by atoms with Crippen LogP contribution in [0, 0.1) is 12.7 Å². The Labute approximate surface area is 149 Å². The normalized spacial score (nSPS) is 10.5. The van der Waals surface area contributed by atoms with Crippen molar-refractivity contribution in [3.05, 3.63) is 71.0 Å². The van der Waals surface area contributed by atoms with Crippen molar-refractivity contribution in [2.75, 3.05) is 11.9 Å². The average Bonchev–Trinajstić information content (AvgIpc) is 2.97. The lowest BCUT2D eigenvalue weighted by Crippen LogP contribution is -2.30. The van der Waals surface area contributed by atoms with Gasteiger partial charge in [-0.15, -0.1) is 11.3 Å². The molecule has 0 saturated carbocycles. The second-order valence-electron chi connectivity index (χ2n) is 5.53. The molecule has 0 atom stereocenters. The minimum Gasteiger partial charge on any atom is -0.338 e. The van der Waals surface area contributed by atoms with Gasteiger partial charge in [-0.1, -0.05) is 18.2 Å². The molecule has 1 heterocycles. The molecule has 1 aromatic heterocycles. The quantitative estimate of drug-likeness (QED) is 0.701. The number of carbonyl (C=O) groups is 1. The smallest absolute Gasteiger partial charge is 0.319 e. The van der Waals surface area contributed by atoms with Gasteiger partial charge in [0.05, 0.1) is 5.69 Å². The molecule has 4 nitrogen and oxygen atoms in total. The highest BCUT2D eigenvalue weighted by Gasteiger charge is 2.10. The molecule has 2 amide bonds. The Morgan fingerprint density at radius 2 is 1.84 bits per heavy atom. The van der Waals surface area contributed by atoms with Gasteiger partial charge in [-0.25, -0.2) is 14.2 Å². The standard InChI is InChI=1S/C19H18FN3OS/c1-13-17(25-18(22-13)14-7-9-15(20)10-8-14)11-12-21-19(24)23-16-5-3-2-4-6-16/h2-10H,11-12H2,1H3,(H2,21,23,24).